The van der Waals surface area contributed by atoms with Gasteiger partial charge >= 0.3 is 0 Å². The molecule has 4 heteroatoms. The van der Waals surface area contributed by atoms with Crippen LogP contribution in [0.1, 0.15) is 36.2 Å². The average molecular weight is 363 g/mol. The lowest BCUT2D eigenvalue weighted by Crippen LogP contribution is -2.34. The maximum atomic E-state index is 12.1. The highest BCUT2D eigenvalue weighted by molar-refractivity contribution is 9.10. The molecule has 0 spiro atoms. The molecular weight excluding hydrogens is 346 g/mol. The number of hydrogen-bond acceptors (Lipinski definition) is 1. The second-order valence-corrected chi connectivity index (χ2v) is 6.83. The van der Waals surface area contributed by atoms with Crippen molar-refractivity contribution >= 4 is 37.8 Å². The average Bonchev–Trinajstić information content (AvgIpc) is 2.20. The number of carbonyl (C=O) groups is 1. The van der Waals surface area contributed by atoms with E-state index in [0.717, 1.165) is 22.0 Å². The van der Waals surface area contributed by atoms with Crippen LogP contribution in [0.3, 0.4) is 0 Å². The third-order valence-electron chi connectivity index (χ3n) is 2.50. The van der Waals surface area contributed by atoms with E-state index in [2.05, 4.69) is 44.1 Å². The zero-order valence-corrected chi connectivity index (χ0v) is 13.4. The van der Waals surface area contributed by atoms with Crippen LogP contribution in [0.25, 0.3) is 0 Å². The predicted molar refractivity (Wildman–Crippen MR) is 78.8 cm³/mol. The van der Waals surface area contributed by atoms with E-state index < -0.39 is 0 Å². The van der Waals surface area contributed by atoms with Crippen molar-refractivity contribution in [3.05, 3.63) is 33.8 Å². The van der Waals surface area contributed by atoms with E-state index in [9.17, 15) is 4.79 Å². The maximum absolute atomic E-state index is 12.1. The molecule has 0 saturated heterocycles. The van der Waals surface area contributed by atoms with Gasteiger partial charge in [-0.2, -0.15) is 0 Å². The minimum atomic E-state index is -0.00977. The highest BCUT2D eigenvalue weighted by Crippen LogP contribution is 2.16. The van der Waals surface area contributed by atoms with E-state index in [1.807, 2.05) is 32.0 Å². The van der Waals surface area contributed by atoms with Gasteiger partial charge in [0.15, 0.2) is 0 Å². The molecule has 1 aromatic carbocycles. The first-order chi connectivity index (χ1) is 7.90. The van der Waals surface area contributed by atoms with Crippen LogP contribution in [0.15, 0.2) is 22.7 Å². The van der Waals surface area contributed by atoms with Gasteiger partial charge in [0.2, 0.25) is 0 Å². The van der Waals surface area contributed by atoms with Crippen LogP contribution in [-0.2, 0) is 0 Å². The summed E-state index contributed by atoms with van der Waals surface area (Å²) in [6, 6.07) is 5.90. The van der Waals surface area contributed by atoms with Crippen molar-refractivity contribution in [3.63, 3.8) is 0 Å². The summed E-state index contributed by atoms with van der Waals surface area (Å²) in [5, 5.41) is 3.01. The Morgan fingerprint density at radius 2 is 2.06 bits per heavy atom. The molecule has 94 valence electrons. The predicted octanol–water partition coefficient (Wildman–Crippen LogP) is 4.05. The maximum Gasteiger partial charge on any atom is 0.251 e. The van der Waals surface area contributed by atoms with Crippen LogP contribution in [0.2, 0.25) is 0 Å². The van der Waals surface area contributed by atoms with Crippen molar-refractivity contribution in [1.82, 2.24) is 5.32 Å². The highest BCUT2D eigenvalue weighted by Gasteiger charge is 2.13. The topological polar surface area (TPSA) is 29.1 Å². The Bertz CT molecular complexity index is 404. The van der Waals surface area contributed by atoms with Crippen LogP contribution < -0.4 is 5.32 Å². The number of hydrogen-bond donors (Lipinski definition) is 1. The summed E-state index contributed by atoms with van der Waals surface area (Å²) in [5.41, 5.74) is 1.72. The molecule has 0 aliphatic heterocycles. The van der Waals surface area contributed by atoms with Crippen LogP contribution >= 0.6 is 31.9 Å². The van der Waals surface area contributed by atoms with Crippen molar-refractivity contribution < 1.29 is 4.79 Å². The third kappa shape index (κ3) is 4.80. The summed E-state index contributed by atoms with van der Waals surface area (Å²) in [4.78, 5) is 12.5. The first-order valence-corrected chi connectivity index (χ1v) is 7.32. The molecule has 0 heterocycles. The van der Waals surface area contributed by atoms with Crippen LogP contribution in [0.5, 0.6) is 0 Å². The quantitative estimate of drug-likeness (QED) is 0.804. The van der Waals surface area contributed by atoms with Crippen molar-refractivity contribution in [3.8, 4) is 0 Å². The smallest absolute Gasteiger partial charge is 0.251 e. The molecule has 1 aromatic rings. The minimum absolute atomic E-state index is 0.00977. The van der Waals surface area contributed by atoms with Gasteiger partial charge < -0.3 is 5.32 Å². The fourth-order valence-corrected chi connectivity index (χ4v) is 2.61. The zero-order valence-electron chi connectivity index (χ0n) is 10.3. The molecular formula is C13H17Br2NO. The minimum Gasteiger partial charge on any atom is -0.350 e. The number of nitrogens with one attached hydrogen (secondary N) is 1. The Morgan fingerprint density at radius 3 is 2.65 bits per heavy atom. The van der Waals surface area contributed by atoms with Crippen LogP contribution in [-0.4, -0.2) is 16.8 Å². The van der Waals surface area contributed by atoms with Gasteiger partial charge in [-0.25, -0.2) is 0 Å². The lowest BCUT2D eigenvalue weighted by molar-refractivity contribution is 0.0938. The van der Waals surface area contributed by atoms with Crippen molar-refractivity contribution in [2.75, 3.05) is 0 Å². The van der Waals surface area contributed by atoms with Crippen molar-refractivity contribution in [2.24, 2.45) is 0 Å². The normalized spacial score (nSPS) is 14.2. The van der Waals surface area contributed by atoms with Gasteiger partial charge in [0.1, 0.15) is 0 Å². The van der Waals surface area contributed by atoms with E-state index in [4.69, 9.17) is 0 Å². The Morgan fingerprint density at radius 1 is 1.41 bits per heavy atom. The van der Waals surface area contributed by atoms with Gasteiger partial charge in [-0.1, -0.05) is 44.8 Å². The second kappa shape index (κ2) is 6.55. The van der Waals surface area contributed by atoms with E-state index in [-0.39, 0.29) is 11.9 Å². The van der Waals surface area contributed by atoms with E-state index in [1.165, 1.54) is 0 Å². The Labute approximate surface area is 119 Å². The van der Waals surface area contributed by atoms with Gasteiger partial charge in [0.25, 0.3) is 5.91 Å². The molecule has 0 aliphatic carbocycles. The first-order valence-electron chi connectivity index (χ1n) is 5.61. The van der Waals surface area contributed by atoms with Crippen molar-refractivity contribution in [1.29, 1.82) is 0 Å². The summed E-state index contributed by atoms with van der Waals surface area (Å²) >= 11 is 6.87. The number of aryl methyl sites for hydroxylation is 1. The van der Waals surface area contributed by atoms with Gasteiger partial charge in [-0.15, -0.1) is 0 Å². The Hall–Kier alpha value is -0.350. The molecule has 0 aromatic heterocycles. The fraction of sp³-hybridized carbons (Fsp3) is 0.462. The highest BCUT2D eigenvalue weighted by atomic mass is 79.9. The number of benzene rings is 1. The second-order valence-electron chi connectivity index (χ2n) is 4.35. The molecule has 2 unspecified atom stereocenters. The molecule has 2 nitrogen and oxygen atoms in total. The number of carbonyl (C=O) groups excluding carboxylic acids is 1. The summed E-state index contributed by atoms with van der Waals surface area (Å²) < 4.78 is 0.926. The third-order valence-corrected chi connectivity index (χ3v) is 3.37. The van der Waals surface area contributed by atoms with Gasteiger partial charge in [0, 0.05) is 20.9 Å². The monoisotopic (exact) mass is 361 g/mol. The molecule has 17 heavy (non-hydrogen) atoms. The van der Waals surface area contributed by atoms with Crippen LogP contribution in [0.4, 0.5) is 0 Å². The Kier molecular flexibility index (Phi) is 5.67. The first kappa shape index (κ1) is 14.7. The number of amides is 1. The molecule has 1 rings (SSSR count). The number of rotatable bonds is 4. The molecule has 2 atom stereocenters. The fourth-order valence-electron chi connectivity index (χ4n) is 1.69. The standard InChI is InChI=1S/C13H17Br2NO/c1-8-4-5-11(15)7-12(8)13(17)16-10(3)6-9(2)14/h4-5,7,9-10H,6H2,1-3H3,(H,16,17). The Balaban J connectivity index is 2.73. The molecule has 0 radical (unpaired) electrons. The SMILES string of the molecule is Cc1ccc(Br)cc1C(=O)NC(C)CC(C)Br. The van der Waals surface area contributed by atoms with E-state index in [0.29, 0.717) is 4.83 Å². The van der Waals surface area contributed by atoms with E-state index >= 15 is 0 Å². The summed E-state index contributed by atoms with van der Waals surface area (Å²) in [7, 11) is 0. The molecule has 0 saturated carbocycles. The van der Waals surface area contributed by atoms with Gasteiger partial charge in [-0.05, 0) is 38.0 Å². The lowest BCUT2D eigenvalue weighted by atomic mass is 10.1. The summed E-state index contributed by atoms with van der Waals surface area (Å²) in [6.07, 6.45) is 0.915. The van der Waals surface area contributed by atoms with Gasteiger partial charge in [0.05, 0.1) is 0 Å². The molecule has 0 aliphatic rings. The lowest BCUT2D eigenvalue weighted by Gasteiger charge is -2.16. The molecule has 0 bridgehead atoms. The van der Waals surface area contributed by atoms with Gasteiger partial charge in [-0.3, -0.25) is 4.79 Å². The summed E-state index contributed by atoms with van der Waals surface area (Å²) in [5.74, 6) is -0.00977. The van der Waals surface area contributed by atoms with Crippen molar-refractivity contribution in [2.45, 2.75) is 38.1 Å². The zero-order chi connectivity index (χ0) is 13.0. The molecule has 0 fully saturated rings. The van der Waals surface area contributed by atoms with E-state index in [1.54, 1.807) is 0 Å². The molecule has 1 amide bonds. The number of alkyl halides is 1. The number of halogens is 2. The largest absolute Gasteiger partial charge is 0.350 e. The molecule has 1 N–H and O–H groups in total. The summed E-state index contributed by atoms with van der Waals surface area (Å²) in [6.45, 7) is 6.04. The van der Waals surface area contributed by atoms with Crippen LogP contribution in [0, 0.1) is 6.92 Å².